The van der Waals surface area contributed by atoms with Gasteiger partial charge in [-0.2, -0.15) is 0 Å². The predicted molar refractivity (Wildman–Crippen MR) is 106 cm³/mol. The Balaban J connectivity index is 1.66. The number of carbonyl (C=O) groups is 2. The van der Waals surface area contributed by atoms with Crippen LogP contribution in [0.2, 0.25) is 0 Å². The van der Waals surface area contributed by atoms with Crippen LogP contribution in [0.4, 0.5) is 0 Å². The van der Waals surface area contributed by atoms with Crippen LogP contribution in [0.3, 0.4) is 0 Å². The first-order chi connectivity index (χ1) is 13.0. The van der Waals surface area contributed by atoms with Crippen LogP contribution in [-0.4, -0.2) is 36.3 Å². The molecule has 0 N–H and O–H groups in total. The maximum atomic E-state index is 12.8. The lowest BCUT2D eigenvalue weighted by Crippen LogP contribution is -2.36. The second kappa shape index (κ2) is 8.57. The molecule has 3 rings (SSSR count). The Morgan fingerprint density at radius 3 is 2.44 bits per heavy atom. The first-order valence-electron chi connectivity index (χ1n) is 8.83. The van der Waals surface area contributed by atoms with Gasteiger partial charge in [0.2, 0.25) is 0 Å². The van der Waals surface area contributed by atoms with Gasteiger partial charge in [0.1, 0.15) is 11.5 Å². The van der Waals surface area contributed by atoms with Crippen LogP contribution in [-0.2, 0) is 11.3 Å². The molecule has 0 radical (unpaired) electrons. The third-order valence-corrected chi connectivity index (χ3v) is 4.99. The number of benzene rings is 2. The maximum Gasteiger partial charge on any atom is 0.261 e. The van der Waals surface area contributed by atoms with Gasteiger partial charge in [-0.05, 0) is 55.7 Å². The van der Waals surface area contributed by atoms with Crippen molar-refractivity contribution in [3.8, 4) is 11.5 Å². The first-order valence-corrected chi connectivity index (χ1v) is 9.63. The minimum absolute atomic E-state index is 0.0780. The van der Waals surface area contributed by atoms with E-state index in [9.17, 15) is 9.59 Å². The minimum atomic E-state index is -0.101. The van der Waals surface area contributed by atoms with E-state index < -0.39 is 0 Å². The Hall–Kier alpha value is -2.34. The number of ether oxygens (including phenoxy) is 2. The average Bonchev–Trinajstić information content (AvgIpc) is 3.50. The average molecular weight is 432 g/mol. The normalized spacial score (nSPS) is 13.1. The summed E-state index contributed by atoms with van der Waals surface area (Å²) in [5.74, 6) is 1.04. The third-order valence-electron chi connectivity index (χ3n) is 4.49. The lowest BCUT2D eigenvalue weighted by Gasteiger charge is -2.23. The topological polar surface area (TPSA) is 55.8 Å². The standard InChI is InChI=1S/C21H22BrNO4/c1-14(24)19-11-16(22)5-10-20(19)27-13-21(25)23(17-6-7-17)12-15-3-8-18(26-2)9-4-15/h3-5,8-11,17H,6-7,12-13H2,1-2H3. The summed E-state index contributed by atoms with van der Waals surface area (Å²) in [6.45, 7) is 1.93. The minimum Gasteiger partial charge on any atom is -0.497 e. The van der Waals surface area contributed by atoms with E-state index in [0.29, 0.717) is 17.9 Å². The number of carbonyl (C=O) groups excluding carboxylic acids is 2. The molecule has 1 aliphatic rings. The van der Waals surface area contributed by atoms with Crippen molar-refractivity contribution in [1.29, 1.82) is 0 Å². The molecule has 0 unspecified atom stereocenters. The van der Waals surface area contributed by atoms with Crippen LogP contribution in [0.1, 0.15) is 35.7 Å². The summed E-state index contributed by atoms with van der Waals surface area (Å²) in [6.07, 6.45) is 2.03. The quantitative estimate of drug-likeness (QED) is 0.586. The molecular weight excluding hydrogens is 410 g/mol. The van der Waals surface area contributed by atoms with E-state index in [1.165, 1.54) is 6.92 Å². The Morgan fingerprint density at radius 2 is 1.85 bits per heavy atom. The van der Waals surface area contributed by atoms with Crippen LogP contribution in [0.25, 0.3) is 0 Å². The summed E-state index contributed by atoms with van der Waals surface area (Å²) in [5, 5.41) is 0. The van der Waals surface area contributed by atoms with Gasteiger partial charge in [-0.25, -0.2) is 0 Å². The lowest BCUT2D eigenvalue weighted by molar-refractivity contribution is -0.134. The third kappa shape index (κ3) is 5.10. The van der Waals surface area contributed by atoms with Gasteiger partial charge in [0, 0.05) is 17.1 Å². The largest absolute Gasteiger partial charge is 0.497 e. The molecule has 0 bridgehead atoms. The molecule has 1 saturated carbocycles. The van der Waals surface area contributed by atoms with E-state index in [1.807, 2.05) is 29.2 Å². The van der Waals surface area contributed by atoms with Crippen molar-refractivity contribution in [3.05, 3.63) is 58.1 Å². The summed E-state index contributed by atoms with van der Waals surface area (Å²) in [5.41, 5.74) is 1.51. The second-order valence-electron chi connectivity index (χ2n) is 6.59. The van der Waals surface area contributed by atoms with Crippen molar-refractivity contribution in [2.45, 2.75) is 32.4 Å². The number of methoxy groups -OCH3 is 1. The van der Waals surface area contributed by atoms with Crippen molar-refractivity contribution in [3.63, 3.8) is 0 Å². The molecule has 1 aliphatic carbocycles. The highest BCUT2D eigenvalue weighted by Crippen LogP contribution is 2.29. The van der Waals surface area contributed by atoms with E-state index in [1.54, 1.807) is 25.3 Å². The number of ketones is 1. The molecule has 27 heavy (non-hydrogen) atoms. The van der Waals surface area contributed by atoms with Crippen LogP contribution >= 0.6 is 15.9 Å². The molecular formula is C21H22BrNO4. The number of rotatable bonds is 8. The van der Waals surface area contributed by atoms with E-state index in [0.717, 1.165) is 28.6 Å². The number of nitrogens with zero attached hydrogens (tertiary/aromatic N) is 1. The van der Waals surface area contributed by atoms with Gasteiger partial charge in [-0.15, -0.1) is 0 Å². The fraction of sp³-hybridized carbons (Fsp3) is 0.333. The van der Waals surface area contributed by atoms with E-state index >= 15 is 0 Å². The molecule has 6 heteroatoms. The number of hydrogen-bond acceptors (Lipinski definition) is 4. The van der Waals surface area contributed by atoms with Gasteiger partial charge in [-0.1, -0.05) is 28.1 Å². The zero-order chi connectivity index (χ0) is 19.4. The Morgan fingerprint density at radius 1 is 1.15 bits per heavy atom. The van der Waals surface area contributed by atoms with Crippen LogP contribution < -0.4 is 9.47 Å². The van der Waals surface area contributed by atoms with Crippen LogP contribution in [0.5, 0.6) is 11.5 Å². The number of halogens is 1. The summed E-state index contributed by atoms with van der Waals surface area (Å²) >= 11 is 3.35. The van der Waals surface area contributed by atoms with Crippen LogP contribution in [0, 0.1) is 0 Å². The number of Topliss-reactive ketones (excluding diaryl/α,β-unsaturated/α-hetero) is 1. The maximum absolute atomic E-state index is 12.8. The highest BCUT2D eigenvalue weighted by atomic mass is 79.9. The summed E-state index contributed by atoms with van der Waals surface area (Å²) < 4.78 is 11.7. The molecule has 0 aromatic heterocycles. The summed E-state index contributed by atoms with van der Waals surface area (Å²) in [6, 6.07) is 13.2. The Labute approximate surface area is 167 Å². The molecule has 0 atom stereocenters. The van der Waals surface area contributed by atoms with Gasteiger partial charge in [0.05, 0.1) is 12.7 Å². The lowest BCUT2D eigenvalue weighted by atomic mass is 10.1. The molecule has 0 heterocycles. The van der Waals surface area contributed by atoms with Crippen molar-refractivity contribution < 1.29 is 19.1 Å². The number of hydrogen-bond donors (Lipinski definition) is 0. The van der Waals surface area contributed by atoms with E-state index in [4.69, 9.17) is 9.47 Å². The molecule has 1 amide bonds. The molecule has 1 fully saturated rings. The molecule has 142 valence electrons. The Kier molecular flexibility index (Phi) is 6.16. The van der Waals surface area contributed by atoms with E-state index in [-0.39, 0.29) is 24.3 Å². The fourth-order valence-electron chi connectivity index (χ4n) is 2.86. The number of amides is 1. The molecule has 0 spiro atoms. The highest BCUT2D eigenvalue weighted by molar-refractivity contribution is 9.10. The van der Waals surface area contributed by atoms with Crippen molar-refractivity contribution in [2.24, 2.45) is 0 Å². The second-order valence-corrected chi connectivity index (χ2v) is 7.50. The van der Waals surface area contributed by atoms with Gasteiger partial charge < -0.3 is 14.4 Å². The molecule has 2 aromatic carbocycles. The fourth-order valence-corrected chi connectivity index (χ4v) is 3.22. The zero-order valence-electron chi connectivity index (χ0n) is 15.4. The SMILES string of the molecule is COc1ccc(CN(C(=O)COc2ccc(Br)cc2C(C)=O)C2CC2)cc1. The van der Waals surface area contributed by atoms with Gasteiger partial charge >= 0.3 is 0 Å². The Bertz CT molecular complexity index is 831. The van der Waals surface area contributed by atoms with Gasteiger partial charge in [0.15, 0.2) is 12.4 Å². The zero-order valence-corrected chi connectivity index (χ0v) is 17.0. The first kappa shape index (κ1) is 19.4. The van der Waals surface area contributed by atoms with Gasteiger partial charge in [0.25, 0.3) is 5.91 Å². The summed E-state index contributed by atoms with van der Waals surface area (Å²) in [7, 11) is 1.63. The van der Waals surface area contributed by atoms with Crippen molar-refractivity contribution in [2.75, 3.05) is 13.7 Å². The highest BCUT2D eigenvalue weighted by Gasteiger charge is 2.32. The molecule has 0 aliphatic heterocycles. The molecule has 2 aromatic rings. The molecule has 0 saturated heterocycles. The van der Waals surface area contributed by atoms with E-state index in [2.05, 4.69) is 15.9 Å². The predicted octanol–water partition coefficient (Wildman–Crippen LogP) is 4.23. The molecule has 5 nitrogen and oxygen atoms in total. The smallest absolute Gasteiger partial charge is 0.261 e. The van der Waals surface area contributed by atoms with Gasteiger partial charge in [-0.3, -0.25) is 9.59 Å². The van der Waals surface area contributed by atoms with Crippen molar-refractivity contribution in [1.82, 2.24) is 4.90 Å². The summed E-state index contributed by atoms with van der Waals surface area (Å²) in [4.78, 5) is 26.4. The van der Waals surface area contributed by atoms with Crippen molar-refractivity contribution >= 4 is 27.6 Å². The van der Waals surface area contributed by atoms with Crippen LogP contribution in [0.15, 0.2) is 46.9 Å². The monoisotopic (exact) mass is 431 g/mol.